The lowest BCUT2D eigenvalue weighted by Gasteiger charge is -2.06. The van der Waals surface area contributed by atoms with Crippen LogP contribution in [0.1, 0.15) is 20.9 Å². The molecule has 3 aromatic heterocycles. The van der Waals surface area contributed by atoms with Crippen molar-refractivity contribution < 1.29 is 4.79 Å². The van der Waals surface area contributed by atoms with Gasteiger partial charge in [0.1, 0.15) is 5.56 Å². The molecule has 5 rings (SSSR count). The van der Waals surface area contributed by atoms with Crippen LogP contribution in [0.5, 0.6) is 0 Å². The number of nitrogens with one attached hydrogen (secondary N) is 1. The highest BCUT2D eigenvalue weighted by Gasteiger charge is 2.14. The van der Waals surface area contributed by atoms with E-state index in [-0.39, 0.29) is 11.1 Å². The van der Waals surface area contributed by atoms with Crippen molar-refractivity contribution in [2.24, 2.45) is 0 Å². The molecule has 3 heterocycles. The largest absolute Gasteiger partial charge is 0.322 e. The van der Waals surface area contributed by atoms with E-state index in [2.05, 4.69) is 21.4 Å². The third-order valence-electron chi connectivity index (χ3n) is 4.49. The smallest absolute Gasteiger partial charge is 0.271 e. The molecule has 29 heavy (non-hydrogen) atoms. The Morgan fingerprint density at radius 3 is 2.76 bits per heavy atom. The third kappa shape index (κ3) is 3.43. The van der Waals surface area contributed by atoms with Crippen LogP contribution < -0.4 is 10.9 Å². The third-order valence-corrected chi connectivity index (χ3v) is 6.30. The number of anilines is 1. The zero-order valence-electron chi connectivity index (χ0n) is 15.0. The van der Waals surface area contributed by atoms with Crippen LogP contribution in [0.2, 0.25) is 0 Å². The van der Waals surface area contributed by atoms with Gasteiger partial charge in [0.2, 0.25) is 0 Å². The maximum absolute atomic E-state index is 12.5. The summed E-state index contributed by atoms with van der Waals surface area (Å²) >= 11 is 3.03. The molecule has 0 fully saturated rings. The van der Waals surface area contributed by atoms with Crippen LogP contribution in [-0.4, -0.2) is 20.3 Å². The predicted octanol–water partition coefficient (Wildman–Crippen LogP) is 4.21. The molecule has 0 saturated carbocycles. The lowest BCUT2D eigenvalue weighted by Crippen LogP contribution is -2.25. The summed E-state index contributed by atoms with van der Waals surface area (Å²) < 4.78 is 2.55. The van der Waals surface area contributed by atoms with Crippen molar-refractivity contribution in [3.05, 3.63) is 92.8 Å². The molecular formula is C21H14N4O2S2. The molecule has 0 saturated heterocycles. The van der Waals surface area contributed by atoms with E-state index in [0.717, 1.165) is 22.5 Å². The maximum Gasteiger partial charge on any atom is 0.271 e. The zero-order valence-corrected chi connectivity index (χ0v) is 16.7. The van der Waals surface area contributed by atoms with Crippen LogP contribution in [0, 0.1) is 0 Å². The van der Waals surface area contributed by atoms with Gasteiger partial charge in [-0.05, 0) is 29.8 Å². The minimum atomic E-state index is -0.470. The van der Waals surface area contributed by atoms with Gasteiger partial charge in [-0.1, -0.05) is 24.3 Å². The van der Waals surface area contributed by atoms with Crippen LogP contribution in [-0.2, 0) is 6.42 Å². The van der Waals surface area contributed by atoms with Gasteiger partial charge in [-0.3, -0.25) is 14.0 Å². The highest BCUT2D eigenvalue weighted by Crippen LogP contribution is 2.24. The second-order valence-corrected chi connectivity index (χ2v) is 8.42. The summed E-state index contributed by atoms with van der Waals surface area (Å²) in [6, 6.07) is 15.6. The summed E-state index contributed by atoms with van der Waals surface area (Å²) in [5, 5.41) is 5.57. The molecule has 5 aromatic rings. The molecule has 0 aliphatic carbocycles. The van der Waals surface area contributed by atoms with E-state index < -0.39 is 5.91 Å². The number of carbonyl (C=O) groups is 1. The summed E-state index contributed by atoms with van der Waals surface area (Å²) in [6.45, 7) is 0. The molecule has 2 aromatic carbocycles. The Hall–Kier alpha value is -3.36. The first-order valence-electron chi connectivity index (χ1n) is 8.87. The van der Waals surface area contributed by atoms with Crippen molar-refractivity contribution in [3.63, 3.8) is 0 Å². The molecule has 0 aliphatic heterocycles. The van der Waals surface area contributed by atoms with E-state index in [1.807, 2.05) is 42.5 Å². The zero-order chi connectivity index (χ0) is 19.8. The quantitative estimate of drug-likeness (QED) is 0.474. The lowest BCUT2D eigenvalue weighted by atomic mass is 10.1. The molecule has 0 aliphatic rings. The first-order chi connectivity index (χ1) is 14.2. The molecule has 1 N–H and O–H groups in total. The molecule has 0 radical (unpaired) electrons. The molecular weight excluding hydrogens is 404 g/mol. The van der Waals surface area contributed by atoms with Gasteiger partial charge in [-0.15, -0.1) is 22.7 Å². The monoisotopic (exact) mass is 418 g/mol. The van der Waals surface area contributed by atoms with Gasteiger partial charge in [0.05, 0.1) is 15.2 Å². The number of aromatic nitrogens is 3. The molecule has 0 bridgehead atoms. The number of benzene rings is 2. The first kappa shape index (κ1) is 17.7. The van der Waals surface area contributed by atoms with Gasteiger partial charge in [0.25, 0.3) is 11.5 Å². The average molecular weight is 419 g/mol. The van der Waals surface area contributed by atoms with E-state index in [9.17, 15) is 9.59 Å². The number of hydrogen-bond donors (Lipinski definition) is 1. The van der Waals surface area contributed by atoms with E-state index in [0.29, 0.717) is 10.6 Å². The number of nitrogens with zero attached hydrogens (tertiary/aromatic N) is 3. The highest BCUT2D eigenvalue weighted by molar-refractivity contribution is 7.18. The summed E-state index contributed by atoms with van der Waals surface area (Å²) in [6.07, 6.45) is 3.67. The predicted molar refractivity (Wildman–Crippen MR) is 116 cm³/mol. The number of thiazole rings is 2. The van der Waals surface area contributed by atoms with Crippen molar-refractivity contribution in [2.45, 2.75) is 6.42 Å². The topological polar surface area (TPSA) is 76.4 Å². The standard InChI is InChI=1S/C21H14N4O2S2/c26-19(15-12-22-21-25(20(15)27)9-10-28-21)23-14-7-5-13(6-8-14)11-18-24-16-3-1-2-4-17(16)29-18/h1-10,12H,11H2,(H,23,26). The summed E-state index contributed by atoms with van der Waals surface area (Å²) in [4.78, 5) is 34.3. The molecule has 1 amide bonds. The van der Waals surface area contributed by atoms with E-state index >= 15 is 0 Å². The van der Waals surface area contributed by atoms with Crippen molar-refractivity contribution >= 4 is 49.4 Å². The Balaban J connectivity index is 1.32. The van der Waals surface area contributed by atoms with Crippen molar-refractivity contribution in [3.8, 4) is 0 Å². The van der Waals surface area contributed by atoms with Gasteiger partial charge in [-0.2, -0.15) is 0 Å². The average Bonchev–Trinajstić information content (AvgIpc) is 3.36. The number of hydrogen-bond acceptors (Lipinski definition) is 6. The Bertz CT molecular complexity index is 1370. The first-order valence-corrected chi connectivity index (χ1v) is 10.6. The summed E-state index contributed by atoms with van der Waals surface area (Å²) in [7, 11) is 0. The highest BCUT2D eigenvalue weighted by atomic mass is 32.1. The van der Waals surface area contributed by atoms with Crippen LogP contribution in [0.25, 0.3) is 15.2 Å². The minimum Gasteiger partial charge on any atom is -0.322 e. The van der Waals surface area contributed by atoms with Crippen LogP contribution in [0.4, 0.5) is 5.69 Å². The van der Waals surface area contributed by atoms with Gasteiger partial charge in [0.15, 0.2) is 4.96 Å². The Kier molecular flexibility index (Phi) is 4.42. The number of carbonyl (C=O) groups excluding carboxylic acids is 1. The molecule has 0 atom stereocenters. The number of rotatable bonds is 4. The fraction of sp³-hybridized carbons (Fsp3) is 0.0476. The lowest BCUT2D eigenvalue weighted by molar-refractivity contribution is 0.102. The van der Waals surface area contributed by atoms with Crippen LogP contribution >= 0.6 is 22.7 Å². The number of fused-ring (bicyclic) bond motifs is 2. The van der Waals surface area contributed by atoms with Gasteiger partial charge >= 0.3 is 0 Å². The van der Waals surface area contributed by atoms with Crippen LogP contribution in [0.3, 0.4) is 0 Å². The molecule has 6 nitrogen and oxygen atoms in total. The van der Waals surface area contributed by atoms with E-state index in [1.165, 1.54) is 26.6 Å². The Labute approximate surface area is 173 Å². The summed E-state index contributed by atoms with van der Waals surface area (Å²) in [5.41, 5.74) is 2.38. The van der Waals surface area contributed by atoms with Gasteiger partial charge in [0, 0.05) is 29.9 Å². The maximum atomic E-state index is 12.5. The van der Waals surface area contributed by atoms with E-state index in [1.54, 1.807) is 22.9 Å². The van der Waals surface area contributed by atoms with Crippen molar-refractivity contribution in [2.75, 3.05) is 5.32 Å². The molecule has 0 spiro atoms. The second-order valence-electron chi connectivity index (χ2n) is 6.44. The van der Waals surface area contributed by atoms with Crippen molar-refractivity contribution in [1.82, 2.24) is 14.4 Å². The minimum absolute atomic E-state index is 0.0134. The Morgan fingerprint density at radius 1 is 1.10 bits per heavy atom. The number of amides is 1. The summed E-state index contributed by atoms with van der Waals surface area (Å²) in [5.74, 6) is -0.470. The fourth-order valence-electron chi connectivity index (χ4n) is 3.05. The fourth-order valence-corrected chi connectivity index (χ4v) is 4.73. The van der Waals surface area contributed by atoms with Gasteiger partial charge in [-0.25, -0.2) is 9.97 Å². The van der Waals surface area contributed by atoms with Crippen molar-refractivity contribution in [1.29, 1.82) is 0 Å². The normalized spacial score (nSPS) is 11.2. The Morgan fingerprint density at radius 2 is 1.93 bits per heavy atom. The SMILES string of the molecule is O=C(Nc1ccc(Cc2nc3ccccc3s2)cc1)c1cnc2sccn2c1=O. The van der Waals surface area contributed by atoms with Crippen LogP contribution in [0.15, 0.2) is 71.1 Å². The molecule has 8 heteroatoms. The van der Waals surface area contributed by atoms with E-state index in [4.69, 9.17) is 0 Å². The number of para-hydroxylation sites is 1. The second kappa shape index (κ2) is 7.23. The molecule has 0 unspecified atom stereocenters. The van der Waals surface area contributed by atoms with Gasteiger partial charge < -0.3 is 5.32 Å². The molecule has 142 valence electrons.